The minimum absolute atomic E-state index is 0.0776. The van der Waals surface area contributed by atoms with Gasteiger partial charge in [0, 0.05) is 17.9 Å². The summed E-state index contributed by atoms with van der Waals surface area (Å²) in [6.07, 6.45) is 1.52. The predicted molar refractivity (Wildman–Crippen MR) is 54.3 cm³/mol. The van der Waals surface area contributed by atoms with Crippen LogP contribution >= 0.6 is 0 Å². The Balaban J connectivity index is 2.32. The minimum atomic E-state index is -0.0776. The predicted octanol–water partition coefficient (Wildman–Crippen LogP) is 2.47. The van der Waals surface area contributed by atoms with Crippen molar-refractivity contribution in [3.8, 4) is 5.75 Å². The molecule has 0 heterocycles. The van der Waals surface area contributed by atoms with E-state index >= 15 is 0 Å². The van der Waals surface area contributed by atoms with Crippen LogP contribution < -0.4 is 0 Å². The molecule has 74 valence electrons. The van der Waals surface area contributed by atoms with E-state index in [0.717, 1.165) is 12.0 Å². The van der Waals surface area contributed by atoms with Crippen LogP contribution in [0.2, 0.25) is 0 Å². The number of Topliss-reactive ketones (excluding diaryl/α,β-unsaturated/α-hetero) is 1. The molecule has 0 aliphatic heterocycles. The van der Waals surface area contributed by atoms with Crippen LogP contribution in [0.5, 0.6) is 5.75 Å². The van der Waals surface area contributed by atoms with E-state index in [0.29, 0.717) is 12.3 Å². The fraction of sp³-hybridized carbons (Fsp3) is 0.417. The van der Waals surface area contributed by atoms with E-state index in [4.69, 9.17) is 0 Å². The number of benzene rings is 1. The fourth-order valence-electron chi connectivity index (χ4n) is 2.19. The molecule has 1 aliphatic rings. The molecular weight excluding hydrogens is 176 g/mol. The number of carbonyl (C=O) groups excluding carboxylic acids is 1. The Kier molecular flexibility index (Phi) is 2.28. The molecule has 1 aromatic carbocycles. The largest absolute Gasteiger partial charge is 0.508 e. The molecule has 0 bridgehead atoms. The third-order valence-corrected chi connectivity index (χ3v) is 2.89. The number of aromatic hydroxyl groups is 1. The number of phenolic OH excluding ortho intramolecular Hbond substituents is 1. The molecule has 14 heavy (non-hydrogen) atoms. The molecule has 2 unspecified atom stereocenters. The molecule has 1 fully saturated rings. The van der Waals surface area contributed by atoms with Crippen molar-refractivity contribution in [3.05, 3.63) is 29.8 Å². The Labute approximate surface area is 83.6 Å². The molecule has 2 atom stereocenters. The molecular formula is C12H14O2. The van der Waals surface area contributed by atoms with Crippen molar-refractivity contribution >= 4 is 5.78 Å². The molecule has 0 spiro atoms. The van der Waals surface area contributed by atoms with Gasteiger partial charge in [0.25, 0.3) is 0 Å². The number of para-hydroxylation sites is 1. The van der Waals surface area contributed by atoms with Gasteiger partial charge in [-0.3, -0.25) is 4.79 Å². The van der Waals surface area contributed by atoms with E-state index < -0.39 is 0 Å². The first kappa shape index (κ1) is 9.25. The summed E-state index contributed by atoms with van der Waals surface area (Å²) >= 11 is 0. The minimum Gasteiger partial charge on any atom is -0.508 e. The first-order chi connectivity index (χ1) is 6.68. The lowest BCUT2D eigenvalue weighted by atomic mass is 9.95. The normalized spacial score (nSPS) is 26.8. The van der Waals surface area contributed by atoms with Crippen molar-refractivity contribution in [2.45, 2.75) is 25.7 Å². The average molecular weight is 190 g/mol. The highest BCUT2D eigenvalue weighted by atomic mass is 16.3. The number of rotatable bonds is 1. The number of hydrogen-bond donors (Lipinski definition) is 1. The molecule has 2 nitrogen and oxygen atoms in total. The number of ketones is 1. The van der Waals surface area contributed by atoms with Crippen LogP contribution in [-0.4, -0.2) is 10.9 Å². The summed E-state index contributed by atoms with van der Waals surface area (Å²) in [6.45, 7) is 2.08. The van der Waals surface area contributed by atoms with Gasteiger partial charge in [0.05, 0.1) is 0 Å². The second-order valence-electron chi connectivity index (χ2n) is 4.12. The van der Waals surface area contributed by atoms with Crippen LogP contribution in [-0.2, 0) is 4.79 Å². The van der Waals surface area contributed by atoms with E-state index in [1.807, 2.05) is 12.1 Å². The van der Waals surface area contributed by atoms with Gasteiger partial charge in [-0.1, -0.05) is 25.1 Å². The van der Waals surface area contributed by atoms with Crippen LogP contribution in [0.4, 0.5) is 0 Å². The Hall–Kier alpha value is -1.31. The van der Waals surface area contributed by atoms with Crippen LogP contribution in [0.1, 0.15) is 31.2 Å². The van der Waals surface area contributed by atoms with E-state index in [-0.39, 0.29) is 17.5 Å². The lowest BCUT2D eigenvalue weighted by Crippen LogP contribution is -2.03. The SMILES string of the molecule is CC1CC(=O)C(c2ccccc2O)C1. The summed E-state index contributed by atoms with van der Waals surface area (Å²) in [6, 6.07) is 7.13. The molecule has 1 N–H and O–H groups in total. The number of hydrogen-bond acceptors (Lipinski definition) is 2. The van der Waals surface area contributed by atoms with E-state index in [1.54, 1.807) is 12.1 Å². The Morgan fingerprint density at radius 2 is 2.07 bits per heavy atom. The molecule has 2 rings (SSSR count). The zero-order valence-corrected chi connectivity index (χ0v) is 8.23. The van der Waals surface area contributed by atoms with Crippen molar-refractivity contribution in [1.29, 1.82) is 0 Å². The van der Waals surface area contributed by atoms with Gasteiger partial charge in [-0.2, -0.15) is 0 Å². The van der Waals surface area contributed by atoms with Crippen molar-refractivity contribution < 1.29 is 9.90 Å². The van der Waals surface area contributed by atoms with Gasteiger partial charge in [-0.25, -0.2) is 0 Å². The molecule has 1 aliphatic carbocycles. The maximum atomic E-state index is 11.6. The molecule has 1 saturated carbocycles. The summed E-state index contributed by atoms with van der Waals surface area (Å²) in [5, 5.41) is 9.62. The van der Waals surface area contributed by atoms with Gasteiger partial charge in [0.2, 0.25) is 0 Å². The quantitative estimate of drug-likeness (QED) is 0.738. The molecule has 1 aromatic rings. The summed E-state index contributed by atoms with van der Waals surface area (Å²) < 4.78 is 0. The summed E-state index contributed by atoms with van der Waals surface area (Å²) in [4.78, 5) is 11.6. The second kappa shape index (κ2) is 3.45. The zero-order valence-electron chi connectivity index (χ0n) is 8.23. The van der Waals surface area contributed by atoms with Gasteiger partial charge >= 0.3 is 0 Å². The Morgan fingerprint density at radius 1 is 1.36 bits per heavy atom. The van der Waals surface area contributed by atoms with Crippen LogP contribution in [0.15, 0.2) is 24.3 Å². The number of phenols is 1. The van der Waals surface area contributed by atoms with E-state index in [1.165, 1.54) is 0 Å². The second-order valence-corrected chi connectivity index (χ2v) is 4.12. The molecule has 0 amide bonds. The Bertz CT molecular complexity index is 357. The summed E-state index contributed by atoms with van der Waals surface area (Å²) in [5.74, 6) is 0.886. The topological polar surface area (TPSA) is 37.3 Å². The van der Waals surface area contributed by atoms with Gasteiger partial charge in [-0.15, -0.1) is 0 Å². The maximum absolute atomic E-state index is 11.6. The zero-order chi connectivity index (χ0) is 10.1. The van der Waals surface area contributed by atoms with E-state index in [9.17, 15) is 9.90 Å². The lowest BCUT2D eigenvalue weighted by molar-refractivity contribution is -0.118. The first-order valence-electron chi connectivity index (χ1n) is 4.99. The van der Waals surface area contributed by atoms with Crippen molar-refractivity contribution in [3.63, 3.8) is 0 Å². The van der Waals surface area contributed by atoms with Crippen molar-refractivity contribution in [2.75, 3.05) is 0 Å². The average Bonchev–Trinajstić information content (AvgIpc) is 2.46. The number of carbonyl (C=O) groups is 1. The lowest BCUT2D eigenvalue weighted by Gasteiger charge is -2.10. The van der Waals surface area contributed by atoms with Gasteiger partial charge in [0.15, 0.2) is 0 Å². The fourth-order valence-corrected chi connectivity index (χ4v) is 2.19. The third kappa shape index (κ3) is 1.52. The summed E-state index contributed by atoms with van der Waals surface area (Å²) in [7, 11) is 0. The van der Waals surface area contributed by atoms with Gasteiger partial charge in [-0.05, 0) is 18.4 Å². The molecule has 0 radical (unpaired) electrons. The molecule has 0 aromatic heterocycles. The highest BCUT2D eigenvalue weighted by Crippen LogP contribution is 2.38. The highest BCUT2D eigenvalue weighted by Gasteiger charge is 2.32. The maximum Gasteiger partial charge on any atom is 0.140 e. The first-order valence-corrected chi connectivity index (χ1v) is 4.99. The monoisotopic (exact) mass is 190 g/mol. The van der Waals surface area contributed by atoms with Crippen molar-refractivity contribution in [1.82, 2.24) is 0 Å². The van der Waals surface area contributed by atoms with Crippen molar-refractivity contribution in [2.24, 2.45) is 5.92 Å². The van der Waals surface area contributed by atoms with Gasteiger partial charge < -0.3 is 5.11 Å². The van der Waals surface area contributed by atoms with E-state index in [2.05, 4.69) is 6.92 Å². The Morgan fingerprint density at radius 3 is 2.64 bits per heavy atom. The van der Waals surface area contributed by atoms with Crippen LogP contribution in [0, 0.1) is 5.92 Å². The molecule has 2 heteroatoms. The summed E-state index contributed by atoms with van der Waals surface area (Å²) in [5.41, 5.74) is 0.793. The standard InChI is InChI=1S/C12H14O2/c1-8-6-10(12(14)7-8)9-4-2-3-5-11(9)13/h2-5,8,10,13H,6-7H2,1H3. The smallest absolute Gasteiger partial charge is 0.140 e. The third-order valence-electron chi connectivity index (χ3n) is 2.89. The van der Waals surface area contributed by atoms with Gasteiger partial charge in [0.1, 0.15) is 11.5 Å². The molecule has 0 saturated heterocycles. The van der Waals surface area contributed by atoms with Crippen LogP contribution in [0.25, 0.3) is 0 Å². The highest BCUT2D eigenvalue weighted by molar-refractivity contribution is 5.88. The van der Waals surface area contributed by atoms with Crippen LogP contribution in [0.3, 0.4) is 0 Å².